The number of nitrogens with one attached hydrogen (secondary N) is 2. The molecule has 0 heterocycles. The van der Waals surface area contributed by atoms with Crippen molar-refractivity contribution in [2.75, 3.05) is 18.5 Å². The van der Waals surface area contributed by atoms with E-state index in [0.29, 0.717) is 18.2 Å². The number of carbonyl (C=O) groups excluding carboxylic acids is 1. The molecule has 0 aliphatic rings. The van der Waals surface area contributed by atoms with Gasteiger partial charge in [-0.1, -0.05) is 42.8 Å². The van der Waals surface area contributed by atoms with Crippen LogP contribution < -0.4 is 15.4 Å². The van der Waals surface area contributed by atoms with Gasteiger partial charge in [0.25, 0.3) is 0 Å². The number of hydrogen-bond acceptors (Lipinski definition) is 3. The predicted molar refractivity (Wildman–Crippen MR) is 94.0 cm³/mol. The number of carbonyl (C=O) groups is 1. The van der Waals surface area contributed by atoms with Crippen molar-refractivity contribution in [2.45, 2.75) is 19.9 Å². The van der Waals surface area contributed by atoms with Crippen LogP contribution in [0.2, 0.25) is 5.02 Å². The molecule has 0 atom stereocenters. The summed E-state index contributed by atoms with van der Waals surface area (Å²) in [6.45, 7) is 3.48. The first-order valence-corrected chi connectivity index (χ1v) is 8.03. The normalized spacial score (nSPS) is 10.3. The molecule has 0 fully saturated rings. The van der Waals surface area contributed by atoms with Crippen LogP contribution >= 0.6 is 11.6 Å². The Hall–Kier alpha value is -2.04. The highest BCUT2D eigenvalue weighted by Crippen LogP contribution is 2.17. The second kappa shape index (κ2) is 9.18. The van der Waals surface area contributed by atoms with Crippen LogP contribution in [0.15, 0.2) is 48.5 Å². The van der Waals surface area contributed by atoms with Gasteiger partial charge < -0.3 is 15.4 Å². The molecule has 0 bridgehead atoms. The Balaban J connectivity index is 1.79. The van der Waals surface area contributed by atoms with Crippen molar-refractivity contribution in [1.29, 1.82) is 0 Å². The van der Waals surface area contributed by atoms with Gasteiger partial charge in [-0.25, -0.2) is 0 Å². The molecular weight excluding hydrogens is 312 g/mol. The summed E-state index contributed by atoms with van der Waals surface area (Å²) in [5.41, 5.74) is 1.69. The molecule has 1 amide bonds. The summed E-state index contributed by atoms with van der Waals surface area (Å²) in [4.78, 5) is 12.0. The Morgan fingerprint density at radius 3 is 2.78 bits per heavy atom. The fourth-order valence-corrected chi connectivity index (χ4v) is 2.24. The van der Waals surface area contributed by atoms with Gasteiger partial charge in [0.05, 0.1) is 13.2 Å². The molecule has 0 saturated heterocycles. The van der Waals surface area contributed by atoms with Crippen molar-refractivity contribution in [2.24, 2.45) is 0 Å². The molecular formula is C18H21ClN2O2. The lowest BCUT2D eigenvalue weighted by Gasteiger charge is -2.09. The molecule has 2 aromatic carbocycles. The van der Waals surface area contributed by atoms with Crippen LogP contribution in [0.1, 0.15) is 18.9 Å². The summed E-state index contributed by atoms with van der Waals surface area (Å²) >= 11 is 6.07. The standard InChI is InChI=1S/C18H21ClN2O2/c1-2-10-23-16-8-5-7-15(11-16)21-18(22)13-20-12-14-6-3-4-9-17(14)19/h3-9,11,20H,2,10,12-13H2,1H3,(H,21,22). The van der Waals surface area contributed by atoms with Gasteiger partial charge in [0, 0.05) is 23.3 Å². The summed E-state index contributed by atoms with van der Waals surface area (Å²) in [6.07, 6.45) is 0.947. The van der Waals surface area contributed by atoms with Gasteiger partial charge in [-0.15, -0.1) is 0 Å². The van der Waals surface area contributed by atoms with Crippen LogP contribution in [0.3, 0.4) is 0 Å². The van der Waals surface area contributed by atoms with E-state index < -0.39 is 0 Å². The zero-order valence-electron chi connectivity index (χ0n) is 13.1. The summed E-state index contributed by atoms with van der Waals surface area (Å²) in [6, 6.07) is 15.0. The topological polar surface area (TPSA) is 50.4 Å². The first-order valence-electron chi connectivity index (χ1n) is 7.66. The van der Waals surface area contributed by atoms with E-state index in [9.17, 15) is 4.79 Å². The van der Waals surface area contributed by atoms with Gasteiger partial charge in [0.1, 0.15) is 5.75 Å². The lowest BCUT2D eigenvalue weighted by Crippen LogP contribution is -2.27. The fraction of sp³-hybridized carbons (Fsp3) is 0.278. The van der Waals surface area contributed by atoms with Crippen LogP contribution in [0.25, 0.3) is 0 Å². The number of benzene rings is 2. The van der Waals surface area contributed by atoms with Gasteiger partial charge in [-0.2, -0.15) is 0 Å². The molecule has 0 aromatic heterocycles. The molecule has 2 N–H and O–H groups in total. The van der Waals surface area contributed by atoms with Gasteiger partial charge in [-0.05, 0) is 30.2 Å². The highest BCUT2D eigenvalue weighted by atomic mass is 35.5. The number of halogens is 1. The minimum atomic E-state index is -0.107. The molecule has 0 radical (unpaired) electrons. The number of hydrogen-bond donors (Lipinski definition) is 2. The quantitative estimate of drug-likeness (QED) is 0.771. The Labute approximate surface area is 141 Å². The van der Waals surface area contributed by atoms with E-state index in [2.05, 4.69) is 17.6 Å². The molecule has 0 aliphatic carbocycles. The van der Waals surface area contributed by atoms with Crippen LogP contribution in [0, 0.1) is 0 Å². The van der Waals surface area contributed by atoms with Crippen molar-refractivity contribution in [3.8, 4) is 5.75 Å². The van der Waals surface area contributed by atoms with E-state index in [1.165, 1.54) is 0 Å². The summed E-state index contributed by atoms with van der Waals surface area (Å²) < 4.78 is 5.55. The number of anilines is 1. The zero-order chi connectivity index (χ0) is 16.5. The molecule has 0 unspecified atom stereocenters. The molecule has 0 spiro atoms. The summed E-state index contributed by atoms with van der Waals surface area (Å²) in [5, 5.41) is 6.62. The molecule has 122 valence electrons. The van der Waals surface area contributed by atoms with Gasteiger partial charge in [0.15, 0.2) is 0 Å². The molecule has 23 heavy (non-hydrogen) atoms. The van der Waals surface area contributed by atoms with E-state index in [0.717, 1.165) is 23.4 Å². The molecule has 2 rings (SSSR count). The molecule has 5 heteroatoms. The molecule has 0 aliphatic heterocycles. The number of rotatable bonds is 8. The zero-order valence-corrected chi connectivity index (χ0v) is 13.9. The van der Waals surface area contributed by atoms with Crippen molar-refractivity contribution in [1.82, 2.24) is 5.32 Å². The van der Waals surface area contributed by atoms with Gasteiger partial charge >= 0.3 is 0 Å². The van der Waals surface area contributed by atoms with E-state index in [-0.39, 0.29) is 12.5 Å². The first-order chi connectivity index (χ1) is 11.2. The lowest BCUT2D eigenvalue weighted by atomic mass is 10.2. The van der Waals surface area contributed by atoms with Crippen LogP contribution in [0.5, 0.6) is 5.75 Å². The van der Waals surface area contributed by atoms with Crippen LogP contribution in [-0.2, 0) is 11.3 Å². The Bertz CT molecular complexity index is 646. The van der Waals surface area contributed by atoms with E-state index in [1.807, 2.05) is 48.5 Å². The van der Waals surface area contributed by atoms with E-state index in [1.54, 1.807) is 0 Å². The predicted octanol–water partition coefficient (Wildman–Crippen LogP) is 3.86. The molecule has 2 aromatic rings. The third-order valence-corrected chi connectivity index (χ3v) is 3.52. The van der Waals surface area contributed by atoms with Crippen molar-refractivity contribution in [3.63, 3.8) is 0 Å². The SMILES string of the molecule is CCCOc1cccc(NC(=O)CNCc2ccccc2Cl)c1. The summed E-state index contributed by atoms with van der Waals surface area (Å²) in [5.74, 6) is 0.651. The summed E-state index contributed by atoms with van der Waals surface area (Å²) in [7, 11) is 0. The van der Waals surface area contributed by atoms with Crippen LogP contribution in [0.4, 0.5) is 5.69 Å². The van der Waals surface area contributed by atoms with Crippen molar-refractivity contribution >= 4 is 23.2 Å². The van der Waals surface area contributed by atoms with Gasteiger partial charge in [-0.3, -0.25) is 4.79 Å². The molecule has 4 nitrogen and oxygen atoms in total. The van der Waals surface area contributed by atoms with Crippen molar-refractivity contribution < 1.29 is 9.53 Å². The average Bonchev–Trinajstić information content (AvgIpc) is 2.55. The highest BCUT2D eigenvalue weighted by molar-refractivity contribution is 6.31. The van der Waals surface area contributed by atoms with Crippen molar-refractivity contribution in [3.05, 3.63) is 59.1 Å². The number of ether oxygens (including phenoxy) is 1. The lowest BCUT2D eigenvalue weighted by molar-refractivity contribution is -0.115. The maximum atomic E-state index is 12.0. The Morgan fingerprint density at radius 2 is 2.00 bits per heavy atom. The third kappa shape index (κ3) is 5.93. The smallest absolute Gasteiger partial charge is 0.238 e. The second-order valence-corrected chi connectivity index (χ2v) is 5.53. The fourth-order valence-electron chi connectivity index (χ4n) is 2.04. The Kier molecular flexibility index (Phi) is 6.91. The average molecular weight is 333 g/mol. The largest absolute Gasteiger partial charge is 0.494 e. The number of amides is 1. The minimum absolute atomic E-state index is 0.107. The third-order valence-electron chi connectivity index (χ3n) is 3.15. The van der Waals surface area contributed by atoms with E-state index in [4.69, 9.17) is 16.3 Å². The second-order valence-electron chi connectivity index (χ2n) is 5.12. The maximum Gasteiger partial charge on any atom is 0.238 e. The monoisotopic (exact) mass is 332 g/mol. The van der Waals surface area contributed by atoms with Crippen LogP contribution in [-0.4, -0.2) is 19.1 Å². The molecule has 0 saturated carbocycles. The first kappa shape index (κ1) is 17.3. The minimum Gasteiger partial charge on any atom is -0.494 e. The maximum absolute atomic E-state index is 12.0. The van der Waals surface area contributed by atoms with Gasteiger partial charge in [0.2, 0.25) is 5.91 Å². The Morgan fingerprint density at radius 1 is 1.17 bits per heavy atom. The van der Waals surface area contributed by atoms with E-state index >= 15 is 0 Å². The highest BCUT2D eigenvalue weighted by Gasteiger charge is 2.04.